The van der Waals surface area contributed by atoms with Crippen molar-refractivity contribution >= 4 is 21.9 Å². The lowest BCUT2D eigenvalue weighted by Crippen LogP contribution is -2.26. The zero-order valence-electron chi connectivity index (χ0n) is 15.8. The lowest BCUT2D eigenvalue weighted by Gasteiger charge is -2.29. The molecule has 1 atom stereocenters. The summed E-state index contributed by atoms with van der Waals surface area (Å²) in [6.07, 6.45) is 12.9. The molecule has 0 amide bonds. The number of alkyl halides is 1. The Kier molecular flexibility index (Phi) is 12.9. The van der Waals surface area contributed by atoms with Gasteiger partial charge in [-0.05, 0) is 39.5 Å². The van der Waals surface area contributed by atoms with Crippen molar-refractivity contribution in [2.24, 2.45) is 5.92 Å². The van der Waals surface area contributed by atoms with Crippen LogP contribution in [0.15, 0.2) is 12.2 Å². The molecular formula is C20H37BrO2. The van der Waals surface area contributed by atoms with Gasteiger partial charge in [-0.15, -0.1) is 0 Å². The van der Waals surface area contributed by atoms with Gasteiger partial charge in [-0.25, -0.2) is 4.79 Å². The number of ether oxygens (including phenoxy) is 1. The highest BCUT2D eigenvalue weighted by Gasteiger charge is 2.26. The molecule has 0 aliphatic heterocycles. The second kappa shape index (κ2) is 13.0. The second-order valence-corrected chi connectivity index (χ2v) is 9.27. The number of rotatable bonds is 14. The molecular weight excluding hydrogens is 352 g/mol. The minimum Gasteiger partial charge on any atom is -0.462 e. The predicted octanol–water partition coefficient (Wildman–Crippen LogP) is 6.82. The highest BCUT2D eigenvalue weighted by molar-refractivity contribution is 9.10. The third kappa shape index (κ3) is 12.7. The highest BCUT2D eigenvalue weighted by Crippen LogP contribution is 2.33. The first-order valence-electron chi connectivity index (χ1n) is 9.30. The summed E-state index contributed by atoms with van der Waals surface area (Å²) in [5, 5.41) is 0. The number of hydrogen-bond donors (Lipinski definition) is 0. The van der Waals surface area contributed by atoms with E-state index < -0.39 is 0 Å². The van der Waals surface area contributed by atoms with Gasteiger partial charge in [-0.3, -0.25) is 0 Å². The molecule has 0 saturated carbocycles. The molecule has 0 aromatic heterocycles. The number of carbonyl (C=O) groups excluding carboxylic acids is 1. The largest absolute Gasteiger partial charge is 0.462 e. The van der Waals surface area contributed by atoms with Crippen molar-refractivity contribution in [1.82, 2.24) is 0 Å². The average molecular weight is 389 g/mol. The summed E-state index contributed by atoms with van der Waals surface area (Å²) in [6.45, 7) is 12.5. The third-order valence-corrected chi connectivity index (χ3v) is 5.07. The lowest BCUT2D eigenvalue weighted by molar-refractivity contribution is -0.139. The molecule has 0 radical (unpaired) electrons. The normalized spacial score (nSPS) is 12.9. The summed E-state index contributed by atoms with van der Waals surface area (Å²) in [5.41, 5.74) is 0.475. The summed E-state index contributed by atoms with van der Waals surface area (Å²) >= 11 is 3.79. The van der Waals surface area contributed by atoms with Crippen LogP contribution in [0.1, 0.15) is 91.9 Å². The summed E-state index contributed by atoms with van der Waals surface area (Å²) in [5.74, 6) is 0.253. The fraction of sp³-hybridized carbons (Fsp3) is 0.850. The van der Waals surface area contributed by atoms with Crippen molar-refractivity contribution in [3.05, 3.63) is 12.2 Å². The Balaban J connectivity index is 3.90. The fourth-order valence-corrected chi connectivity index (χ4v) is 3.23. The van der Waals surface area contributed by atoms with Crippen LogP contribution >= 0.6 is 15.9 Å². The molecule has 0 aromatic rings. The average Bonchev–Trinajstić information content (AvgIpc) is 2.46. The van der Waals surface area contributed by atoms with E-state index in [9.17, 15) is 4.79 Å². The number of carbonyl (C=O) groups is 1. The summed E-state index contributed by atoms with van der Waals surface area (Å²) in [4.78, 5) is 11.4. The Labute approximate surface area is 152 Å². The van der Waals surface area contributed by atoms with E-state index in [4.69, 9.17) is 4.74 Å². The number of halogens is 1. The molecule has 0 aliphatic rings. The zero-order chi connectivity index (χ0) is 17.7. The maximum Gasteiger partial charge on any atom is 0.333 e. The van der Waals surface area contributed by atoms with Gasteiger partial charge in [-0.1, -0.05) is 80.8 Å². The third-order valence-electron chi connectivity index (χ3n) is 4.42. The molecule has 3 heteroatoms. The minimum atomic E-state index is -0.275. The van der Waals surface area contributed by atoms with Crippen molar-refractivity contribution in [3.8, 4) is 0 Å². The van der Waals surface area contributed by atoms with Crippen molar-refractivity contribution in [2.45, 2.75) is 96.2 Å². The SMILES string of the molecule is C=C(C)C(=O)OCCC(CCCCCCCCCC)C(C)(C)Br. The first kappa shape index (κ1) is 22.7. The lowest BCUT2D eigenvalue weighted by atomic mass is 9.87. The van der Waals surface area contributed by atoms with E-state index in [-0.39, 0.29) is 10.3 Å². The van der Waals surface area contributed by atoms with E-state index in [1.165, 1.54) is 57.8 Å². The molecule has 0 bridgehead atoms. The van der Waals surface area contributed by atoms with Gasteiger partial charge in [0.15, 0.2) is 0 Å². The van der Waals surface area contributed by atoms with Crippen LogP contribution in [-0.4, -0.2) is 16.9 Å². The molecule has 0 aromatic carbocycles. The van der Waals surface area contributed by atoms with Gasteiger partial charge in [0.1, 0.15) is 0 Å². The maximum absolute atomic E-state index is 11.4. The summed E-state index contributed by atoms with van der Waals surface area (Å²) < 4.78 is 5.34. The highest BCUT2D eigenvalue weighted by atomic mass is 79.9. The van der Waals surface area contributed by atoms with E-state index >= 15 is 0 Å². The van der Waals surface area contributed by atoms with Gasteiger partial charge in [-0.2, -0.15) is 0 Å². The Hall–Kier alpha value is -0.310. The van der Waals surface area contributed by atoms with Crippen LogP contribution in [0.4, 0.5) is 0 Å². The predicted molar refractivity (Wildman–Crippen MR) is 104 cm³/mol. The van der Waals surface area contributed by atoms with E-state index in [2.05, 4.69) is 43.3 Å². The van der Waals surface area contributed by atoms with Crippen molar-refractivity contribution in [1.29, 1.82) is 0 Å². The molecule has 23 heavy (non-hydrogen) atoms. The van der Waals surface area contributed by atoms with E-state index in [0.29, 0.717) is 18.1 Å². The number of hydrogen-bond acceptors (Lipinski definition) is 2. The summed E-state index contributed by atoms with van der Waals surface area (Å²) in [6, 6.07) is 0. The molecule has 0 heterocycles. The number of unbranched alkanes of at least 4 members (excludes halogenated alkanes) is 7. The van der Waals surface area contributed by atoms with Gasteiger partial charge < -0.3 is 4.74 Å². The van der Waals surface area contributed by atoms with Gasteiger partial charge in [0.25, 0.3) is 0 Å². The Bertz CT molecular complexity index is 331. The summed E-state index contributed by atoms with van der Waals surface area (Å²) in [7, 11) is 0. The van der Waals surface area contributed by atoms with Gasteiger partial charge in [0.2, 0.25) is 0 Å². The number of esters is 1. The van der Waals surface area contributed by atoms with Crippen LogP contribution in [0.3, 0.4) is 0 Å². The van der Waals surface area contributed by atoms with Gasteiger partial charge in [0, 0.05) is 9.90 Å². The van der Waals surface area contributed by atoms with Crippen LogP contribution in [0.2, 0.25) is 0 Å². The van der Waals surface area contributed by atoms with Crippen LogP contribution in [0, 0.1) is 5.92 Å². The zero-order valence-corrected chi connectivity index (χ0v) is 17.3. The van der Waals surface area contributed by atoms with E-state index in [0.717, 1.165) is 6.42 Å². The topological polar surface area (TPSA) is 26.3 Å². The monoisotopic (exact) mass is 388 g/mol. The maximum atomic E-state index is 11.4. The fourth-order valence-electron chi connectivity index (χ4n) is 2.77. The van der Waals surface area contributed by atoms with Crippen molar-refractivity contribution in [2.75, 3.05) is 6.61 Å². The van der Waals surface area contributed by atoms with Crippen LogP contribution < -0.4 is 0 Å². The molecule has 2 nitrogen and oxygen atoms in total. The second-order valence-electron chi connectivity index (χ2n) is 7.23. The molecule has 0 fully saturated rings. The van der Waals surface area contributed by atoms with E-state index in [1.807, 2.05) is 0 Å². The first-order chi connectivity index (χ1) is 10.8. The van der Waals surface area contributed by atoms with Gasteiger partial charge in [0.05, 0.1) is 6.61 Å². The Morgan fingerprint density at radius 3 is 2.04 bits per heavy atom. The Morgan fingerprint density at radius 1 is 1.04 bits per heavy atom. The first-order valence-corrected chi connectivity index (χ1v) is 10.1. The molecule has 0 N–H and O–H groups in total. The quantitative estimate of drug-likeness (QED) is 0.141. The minimum absolute atomic E-state index is 0.0871. The molecule has 0 rings (SSSR count). The van der Waals surface area contributed by atoms with Crippen molar-refractivity contribution < 1.29 is 9.53 Å². The van der Waals surface area contributed by atoms with Gasteiger partial charge >= 0.3 is 5.97 Å². The molecule has 1 unspecified atom stereocenters. The smallest absolute Gasteiger partial charge is 0.333 e. The van der Waals surface area contributed by atoms with Crippen LogP contribution in [-0.2, 0) is 9.53 Å². The van der Waals surface area contributed by atoms with E-state index in [1.54, 1.807) is 6.92 Å². The molecule has 0 aliphatic carbocycles. The molecule has 0 saturated heterocycles. The standard InChI is InChI=1S/C20H37BrO2/c1-6-7-8-9-10-11-12-13-14-18(20(4,5)21)15-16-23-19(22)17(2)3/h18H,2,6-16H2,1,3-5H3. The molecule has 0 spiro atoms. The molecule has 136 valence electrons. The Morgan fingerprint density at radius 2 is 1.57 bits per heavy atom. The van der Waals surface area contributed by atoms with Crippen LogP contribution in [0.5, 0.6) is 0 Å². The van der Waals surface area contributed by atoms with Crippen molar-refractivity contribution in [3.63, 3.8) is 0 Å². The van der Waals surface area contributed by atoms with Crippen LogP contribution in [0.25, 0.3) is 0 Å².